The van der Waals surface area contributed by atoms with Gasteiger partial charge in [0, 0.05) is 13.6 Å². The number of aromatic nitrogens is 3. The summed E-state index contributed by atoms with van der Waals surface area (Å²) >= 11 is 0. The highest BCUT2D eigenvalue weighted by atomic mass is 16.5. The van der Waals surface area contributed by atoms with E-state index in [-0.39, 0.29) is 12.0 Å². The van der Waals surface area contributed by atoms with Gasteiger partial charge in [-0.15, -0.1) is 5.10 Å². The lowest BCUT2D eigenvalue weighted by Crippen LogP contribution is -2.55. The smallest absolute Gasteiger partial charge is 0.272 e. The highest BCUT2D eigenvalue weighted by Gasteiger charge is 2.35. The van der Waals surface area contributed by atoms with Crippen LogP contribution in [0.4, 0.5) is 0 Å². The molecular weight excluding hydrogens is 430 g/mol. The molecule has 1 saturated heterocycles. The van der Waals surface area contributed by atoms with E-state index in [0.717, 1.165) is 18.6 Å². The monoisotopic (exact) mass is 467 g/mol. The number of morpholine rings is 1. The van der Waals surface area contributed by atoms with Crippen LogP contribution in [0, 0.1) is 0 Å². The summed E-state index contributed by atoms with van der Waals surface area (Å²) in [6, 6.07) is 6.34. The maximum absolute atomic E-state index is 13.5. The van der Waals surface area contributed by atoms with Gasteiger partial charge in [-0.3, -0.25) is 9.48 Å². The Bertz CT molecular complexity index is 1040. The standard InChI is InChI=1S/C26H37N5O3/c1-7-21-15-20(11-12-24(21)34-19(2)3)9-8-10-23(27-16-22-17-30(6)29-28-22)25(32)31-13-14-33-18-26(31,4)5/h10-12,15-17,19H,7-9,13-14,18H2,1-6H3/b23-10+,27-16?. The van der Waals surface area contributed by atoms with Crippen LogP contribution >= 0.6 is 0 Å². The second kappa shape index (κ2) is 11.4. The van der Waals surface area contributed by atoms with Crippen molar-refractivity contribution in [3.8, 4) is 5.75 Å². The Morgan fingerprint density at radius 3 is 2.79 bits per heavy atom. The molecule has 0 bridgehead atoms. The summed E-state index contributed by atoms with van der Waals surface area (Å²) in [5, 5.41) is 7.97. The zero-order valence-corrected chi connectivity index (χ0v) is 21.2. The van der Waals surface area contributed by atoms with Crippen LogP contribution in [0.3, 0.4) is 0 Å². The molecule has 0 atom stereocenters. The minimum atomic E-state index is -0.390. The van der Waals surface area contributed by atoms with Crippen molar-refractivity contribution in [1.29, 1.82) is 0 Å². The van der Waals surface area contributed by atoms with Gasteiger partial charge in [-0.2, -0.15) is 0 Å². The van der Waals surface area contributed by atoms with Crippen LogP contribution in [0.15, 0.2) is 41.2 Å². The number of ether oxygens (including phenoxy) is 2. The Kier molecular flexibility index (Phi) is 8.61. The predicted octanol–water partition coefficient (Wildman–Crippen LogP) is 3.74. The van der Waals surface area contributed by atoms with Gasteiger partial charge in [-0.25, -0.2) is 4.99 Å². The molecule has 0 aliphatic carbocycles. The second-order valence-electron chi connectivity index (χ2n) is 9.49. The van der Waals surface area contributed by atoms with Crippen molar-refractivity contribution in [2.45, 2.75) is 65.5 Å². The molecule has 8 heteroatoms. The number of rotatable bonds is 9. The molecular formula is C26H37N5O3. The SMILES string of the molecule is CCc1cc(CC/C=C(/N=Cc2cn(C)nn2)C(=O)N2CCOCC2(C)C)ccc1OC(C)C. The van der Waals surface area contributed by atoms with Crippen LogP contribution in [0.1, 0.15) is 57.9 Å². The van der Waals surface area contributed by atoms with E-state index in [2.05, 4.69) is 34.4 Å². The normalized spacial score (nSPS) is 16.4. The lowest BCUT2D eigenvalue weighted by molar-refractivity contribution is -0.142. The maximum Gasteiger partial charge on any atom is 0.272 e. The van der Waals surface area contributed by atoms with E-state index in [1.54, 1.807) is 24.1 Å². The van der Waals surface area contributed by atoms with Crippen molar-refractivity contribution >= 4 is 12.1 Å². The van der Waals surface area contributed by atoms with Crippen LogP contribution in [0.2, 0.25) is 0 Å². The number of benzene rings is 1. The van der Waals surface area contributed by atoms with E-state index in [1.165, 1.54) is 11.1 Å². The quantitative estimate of drug-likeness (QED) is 0.415. The molecule has 0 spiro atoms. The Labute approximate surface area is 202 Å². The molecule has 2 aromatic rings. The number of amides is 1. The molecule has 1 fully saturated rings. The Morgan fingerprint density at radius 2 is 2.15 bits per heavy atom. The van der Waals surface area contributed by atoms with Crippen molar-refractivity contribution in [1.82, 2.24) is 19.9 Å². The average molecular weight is 468 g/mol. The topological polar surface area (TPSA) is 81.8 Å². The minimum Gasteiger partial charge on any atom is -0.491 e. The molecule has 0 unspecified atom stereocenters. The zero-order valence-electron chi connectivity index (χ0n) is 21.2. The Morgan fingerprint density at radius 1 is 1.35 bits per heavy atom. The summed E-state index contributed by atoms with van der Waals surface area (Å²) in [7, 11) is 1.80. The Hall–Kier alpha value is -3.00. The fourth-order valence-electron chi connectivity index (χ4n) is 3.94. The van der Waals surface area contributed by atoms with Crippen LogP contribution in [0.25, 0.3) is 0 Å². The Balaban J connectivity index is 1.79. The molecule has 0 N–H and O–H groups in total. The third-order valence-electron chi connectivity index (χ3n) is 5.70. The summed E-state index contributed by atoms with van der Waals surface area (Å²) in [6.45, 7) is 11.8. The molecule has 1 aliphatic rings. The first-order valence-electron chi connectivity index (χ1n) is 12.0. The maximum atomic E-state index is 13.5. The van der Waals surface area contributed by atoms with Crippen LogP contribution in [-0.2, 0) is 29.4 Å². The summed E-state index contributed by atoms with van der Waals surface area (Å²) in [4.78, 5) is 19.8. The van der Waals surface area contributed by atoms with Gasteiger partial charge >= 0.3 is 0 Å². The third-order valence-corrected chi connectivity index (χ3v) is 5.70. The second-order valence-corrected chi connectivity index (χ2v) is 9.49. The van der Waals surface area contributed by atoms with Crippen molar-refractivity contribution in [2.75, 3.05) is 19.8 Å². The van der Waals surface area contributed by atoms with Crippen molar-refractivity contribution in [3.63, 3.8) is 0 Å². The van der Waals surface area contributed by atoms with E-state index >= 15 is 0 Å². The van der Waals surface area contributed by atoms with Crippen LogP contribution < -0.4 is 4.74 Å². The van der Waals surface area contributed by atoms with Gasteiger partial charge in [0.1, 0.15) is 17.1 Å². The molecule has 1 aromatic carbocycles. The van der Waals surface area contributed by atoms with Gasteiger partial charge in [-0.1, -0.05) is 30.3 Å². The number of allylic oxidation sites excluding steroid dienone is 1. The highest BCUT2D eigenvalue weighted by molar-refractivity contribution is 5.96. The first-order valence-corrected chi connectivity index (χ1v) is 12.0. The molecule has 0 radical (unpaired) electrons. The summed E-state index contributed by atoms with van der Waals surface area (Å²) < 4.78 is 13.1. The van der Waals surface area contributed by atoms with Crippen molar-refractivity contribution < 1.29 is 14.3 Å². The van der Waals surface area contributed by atoms with E-state index in [9.17, 15) is 4.79 Å². The number of aryl methyl sites for hydroxylation is 3. The molecule has 0 saturated carbocycles. The van der Waals surface area contributed by atoms with E-state index < -0.39 is 5.54 Å². The minimum absolute atomic E-state index is 0.0941. The molecule has 1 aromatic heterocycles. The lowest BCUT2D eigenvalue weighted by Gasteiger charge is -2.42. The molecule has 184 valence electrons. The molecule has 1 aliphatic heterocycles. The zero-order chi connectivity index (χ0) is 24.7. The largest absolute Gasteiger partial charge is 0.491 e. The number of carbonyl (C=O) groups is 1. The summed E-state index contributed by atoms with van der Waals surface area (Å²) in [5.41, 5.74) is 3.04. The predicted molar refractivity (Wildman–Crippen MR) is 133 cm³/mol. The summed E-state index contributed by atoms with van der Waals surface area (Å²) in [6.07, 6.45) is 7.82. The van der Waals surface area contributed by atoms with E-state index in [1.807, 2.05) is 44.7 Å². The van der Waals surface area contributed by atoms with Crippen LogP contribution in [0.5, 0.6) is 5.75 Å². The van der Waals surface area contributed by atoms with Gasteiger partial charge < -0.3 is 14.4 Å². The van der Waals surface area contributed by atoms with Crippen molar-refractivity contribution in [2.24, 2.45) is 12.0 Å². The first kappa shape index (κ1) is 25.6. The van der Waals surface area contributed by atoms with Crippen LogP contribution in [-0.4, -0.2) is 63.4 Å². The van der Waals surface area contributed by atoms with Gasteiger partial charge in [0.05, 0.1) is 37.3 Å². The fraction of sp³-hybridized carbons (Fsp3) is 0.538. The highest BCUT2D eigenvalue weighted by Crippen LogP contribution is 2.24. The van der Waals surface area contributed by atoms with Crippen molar-refractivity contribution in [3.05, 3.63) is 53.0 Å². The van der Waals surface area contributed by atoms with Gasteiger partial charge in [-0.05, 0) is 64.2 Å². The number of hydrogen-bond donors (Lipinski definition) is 0. The molecule has 2 heterocycles. The molecule has 3 rings (SSSR count). The third kappa shape index (κ3) is 6.76. The van der Waals surface area contributed by atoms with E-state index in [0.29, 0.717) is 37.6 Å². The van der Waals surface area contributed by atoms with Gasteiger partial charge in [0.25, 0.3) is 5.91 Å². The summed E-state index contributed by atoms with van der Waals surface area (Å²) in [5.74, 6) is 0.846. The molecule has 8 nitrogen and oxygen atoms in total. The van der Waals surface area contributed by atoms with E-state index in [4.69, 9.17) is 9.47 Å². The number of carbonyl (C=O) groups excluding carboxylic acids is 1. The number of aliphatic imine (C=N–C) groups is 1. The van der Waals surface area contributed by atoms with Gasteiger partial charge in [0.15, 0.2) is 0 Å². The molecule has 1 amide bonds. The lowest BCUT2D eigenvalue weighted by atomic mass is 10.0. The molecule has 34 heavy (non-hydrogen) atoms. The average Bonchev–Trinajstić information content (AvgIpc) is 3.20. The fourth-order valence-corrected chi connectivity index (χ4v) is 3.94. The first-order chi connectivity index (χ1) is 16.2. The van der Waals surface area contributed by atoms with Gasteiger partial charge in [0.2, 0.25) is 0 Å². The number of nitrogens with zero attached hydrogens (tertiary/aromatic N) is 5. The number of hydrogen-bond acceptors (Lipinski definition) is 6.